The summed E-state index contributed by atoms with van der Waals surface area (Å²) < 4.78 is 14.5. The number of hydrogen-bond acceptors (Lipinski definition) is 2. The molecule has 0 spiro atoms. The second-order valence-corrected chi connectivity index (χ2v) is 4.01. The number of benzene rings is 1. The molecule has 2 rings (SSSR count). The van der Waals surface area contributed by atoms with Crippen LogP contribution in [-0.2, 0) is 13.5 Å². The molecule has 0 saturated carbocycles. The van der Waals surface area contributed by atoms with Gasteiger partial charge in [-0.3, -0.25) is 9.48 Å². The fourth-order valence-corrected chi connectivity index (χ4v) is 1.77. The van der Waals surface area contributed by atoms with Gasteiger partial charge in [-0.05, 0) is 36.2 Å². The van der Waals surface area contributed by atoms with E-state index in [1.807, 2.05) is 0 Å². The van der Waals surface area contributed by atoms with Crippen molar-refractivity contribution in [2.75, 3.05) is 0 Å². The van der Waals surface area contributed by atoms with Crippen molar-refractivity contribution < 1.29 is 9.18 Å². The highest BCUT2D eigenvalue weighted by atomic mass is 19.1. The highest BCUT2D eigenvalue weighted by molar-refractivity contribution is 5.96. The average Bonchev–Trinajstić information content (AvgIpc) is 2.68. The Hall–Kier alpha value is -1.97. The van der Waals surface area contributed by atoms with Crippen LogP contribution in [0.2, 0.25) is 0 Å². The number of halogens is 1. The molecule has 1 aromatic carbocycles. The van der Waals surface area contributed by atoms with E-state index in [9.17, 15) is 9.18 Å². The van der Waals surface area contributed by atoms with E-state index in [-0.39, 0.29) is 18.0 Å². The predicted molar refractivity (Wildman–Crippen MR) is 62.4 cm³/mol. The molecule has 0 N–H and O–H groups in total. The van der Waals surface area contributed by atoms with Crippen LogP contribution in [0.15, 0.2) is 30.5 Å². The van der Waals surface area contributed by atoms with Gasteiger partial charge in [0.15, 0.2) is 5.78 Å². The molecule has 0 amide bonds. The lowest BCUT2D eigenvalue weighted by atomic mass is 10.0. The first-order valence-electron chi connectivity index (χ1n) is 5.34. The van der Waals surface area contributed by atoms with Crippen LogP contribution in [0.25, 0.3) is 0 Å². The number of nitrogens with zero attached hydrogens (tertiary/aromatic N) is 2. The van der Waals surface area contributed by atoms with Gasteiger partial charge < -0.3 is 0 Å². The van der Waals surface area contributed by atoms with Crippen molar-refractivity contribution in [3.05, 3.63) is 53.1 Å². The minimum absolute atomic E-state index is 0.0142. The maximum atomic E-state index is 12.9. The predicted octanol–water partition coefficient (Wildman–Crippen LogP) is 2.29. The number of carbonyl (C=O) groups is 1. The third-order valence-corrected chi connectivity index (χ3v) is 2.76. The van der Waals surface area contributed by atoms with Crippen LogP contribution in [-0.4, -0.2) is 15.6 Å². The molecule has 0 saturated heterocycles. The molecule has 88 valence electrons. The minimum atomic E-state index is -0.278. The first kappa shape index (κ1) is 11.5. The molecule has 1 heterocycles. The van der Waals surface area contributed by atoms with Gasteiger partial charge in [0.2, 0.25) is 0 Å². The Kier molecular flexibility index (Phi) is 3.04. The molecule has 0 bridgehead atoms. The molecule has 0 unspecified atom stereocenters. The normalized spacial score (nSPS) is 10.5. The van der Waals surface area contributed by atoms with Gasteiger partial charge in [0.1, 0.15) is 11.5 Å². The van der Waals surface area contributed by atoms with Crippen LogP contribution in [0, 0.1) is 12.7 Å². The Morgan fingerprint density at radius 3 is 2.76 bits per heavy atom. The minimum Gasteiger partial charge on any atom is -0.292 e. The third kappa shape index (κ3) is 2.41. The number of carbonyl (C=O) groups excluding carboxylic acids is 1. The molecule has 1 aromatic heterocycles. The van der Waals surface area contributed by atoms with Gasteiger partial charge >= 0.3 is 0 Å². The van der Waals surface area contributed by atoms with Crippen LogP contribution in [0.4, 0.5) is 4.39 Å². The number of rotatable bonds is 3. The maximum absolute atomic E-state index is 12.9. The van der Waals surface area contributed by atoms with Gasteiger partial charge in [0.05, 0.1) is 0 Å². The topological polar surface area (TPSA) is 34.9 Å². The van der Waals surface area contributed by atoms with Gasteiger partial charge in [-0.1, -0.05) is 6.07 Å². The highest BCUT2D eigenvalue weighted by Gasteiger charge is 2.12. The zero-order valence-electron chi connectivity index (χ0n) is 9.77. The summed E-state index contributed by atoms with van der Waals surface area (Å²) in [6.07, 6.45) is 1.86. The molecular weight excluding hydrogens is 219 g/mol. The van der Waals surface area contributed by atoms with Crippen molar-refractivity contribution in [3.63, 3.8) is 0 Å². The Balaban J connectivity index is 2.22. The number of hydrogen-bond donors (Lipinski definition) is 0. The molecular formula is C13H13FN2O. The van der Waals surface area contributed by atoms with Crippen LogP contribution in [0.1, 0.15) is 21.6 Å². The molecule has 2 aromatic rings. The fraction of sp³-hybridized carbons (Fsp3) is 0.231. The van der Waals surface area contributed by atoms with Crippen molar-refractivity contribution in [1.29, 1.82) is 0 Å². The maximum Gasteiger partial charge on any atom is 0.185 e. The van der Waals surface area contributed by atoms with E-state index in [0.29, 0.717) is 5.69 Å². The quantitative estimate of drug-likeness (QED) is 0.761. The molecule has 4 heteroatoms. The Morgan fingerprint density at radius 1 is 1.41 bits per heavy atom. The average molecular weight is 232 g/mol. The number of aromatic nitrogens is 2. The Morgan fingerprint density at radius 2 is 2.18 bits per heavy atom. The third-order valence-electron chi connectivity index (χ3n) is 2.76. The van der Waals surface area contributed by atoms with Crippen LogP contribution < -0.4 is 0 Å². The summed E-state index contributed by atoms with van der Waals surface area (Å²) in [5.74, 6) is -0.293. The largest absolute Gasteiger partial charge is 0.292 e. The number of aryl methyl sites for hydroxylation is 2. The van der Waals surface area contributed by atoms with E-state index >= 15 is 0 Å². The van der Waals surface area contributed by atoms with E-state index in [0.717, 1.165) is 11.1 Å². The molecule has 17 heavy (non-hydrogen) atoms. The van der Waals surface area contributed by atoms with Crippen molar-refractivity contribution in [1.82, 2.24) is 9.78 Å². The van der Waals surface area contributed by atoms with Crippen LogP contribution in [0.3, 0.4) is 0 Å². The number of ketones is 1. The SMILES string of the molecule is Cc1cc(F)ccc1CC(=O)c1ccnn1C. The van der Waals surface area contributed by atoms with Gasteiger partial charge in [-0.2, -0.15) is 5.10 Å². The fourth-order valence-electron chi connectivity index (χ4n) is 1.77. The zero-order chi connectivity index (χ0) is 12.4. The molecule has 3 nitrogen and oxygen atoms in total. The van der Waals surface area contributed by atoms with Crippen molar-refractivity contribution in [2.24, 2.45) is 7.05 Å². The summed E-state index contributed by atoms with van der Waals surface area (Å²) in [6, 6.07) is 6.14. The van der Waals surface area contributed by atoms with Crippen LogP contribution in [0.5, 0.6) is 0 Å². The molecule has 0 radical (unpaired) electrons. The van der Waals surface area contributed by atoms with Gasteiger partial charge in [-0.15, -0.1) is 0 Å². The lowest BCUT2D eigenvalue weighted by Crippen LogP contribution is -2.10. The highest BCUT2D eigenvalue weighted by Crippen LogP contribution is 2.13. The molecule has 0 fully saturated rings. The van der Waals surface area contributed by atoms with Gasteiger partial charge in [0.25, 0.3) is 0 Å². The summed E-state index contributed by atoms with van der Waals surface area (Å²) in [5.41, 5.74) is 2.20. The van der Waals surface area contributed by atoms with E-state index in [1.165, 1.54) is 12.1 Å². The summed E-state index contributed by atoms with van der Waals surface area (Å²) in [5, 5.41) is 3.95. The van der Waals surface area contributed by atoms with Crippen molar-refractivity contribution >= 4 is 5.78 Å². The smallest absolute Gasteiger partial charge is 0.185 e. The first-order valence-corrected chi connectivity index (χ1v) is 5.34. The van der Waals surface area contributed by atoms with Gasteiger partial charge in [0, 0.05) is 19.7 Å². The summed E-state index contributed by atoms with van der Waals surface area (Å²) in [6.45, 7) is 1.80. The molecule has 0 atom stereocenters. The molecule has 0 aliphatic rings. The Bertz CT molecular complexity index is 560. The molecule has 0 aliphatic carbocycles. The van der Waals surface area contributed by atoms with Crippen molar-refractivity contribution in [3.8, 4) is 0 Å². The van der Waals surface area contributed by atoms with E-state index in [2.05, 4.69) is 5.10 Å². The molecule has 0 aliphatic heterocycles. The summed E-state index contributed by atoms with van der Waals surface area (Å²) in [4.78, 5) is 12.0. The Labute approximate surface area is 98.9 Å². The van der Waals surface area contributed by atoms with Crippen LogP contribution >= 0.6 is 0 Å². The van der Waals surface area contributed by atoms with E-state index in [1.54, 1.807) is 37.0 Å². The summed E-state index contributed by atoms with van der Waals surface area (Å²) >= 11 is 0. The lowest BCUT2D eigenvalue weighted by Gasteiger charge is -2.05. The first-order chi connectivity index (χ1) is 8.08. The second-order valence-electron chi connectivity index (χ2n) is 4.01. The standard InChI is InChI=1S/C13H13FN2O/c1-9-7-11(14)4-3-10(9)8-13(17)12-5-6-15-16(12)2/h3-7H,8H2,1-2H3. The van der Waals surface area contributed by atoms with Crippen molar-refractivity contribution in [2.45, 2.75) is 13.3 Å². The second kappa shape index (κ2) is 4.49. The monoisotopic (exact) mass is 232 g/mol. The zero-order valence-corrected chi connectivity index (χ0v) is 9.77. The number of Topliss-reactive ketones (excluding diaryl/α,β-unsaturated/α-hetero) is 1. The van der Waals surface area contributed by atoms with E-state index < -0.39 is 0 Å². The summed E-state index contributed by atoms with van der Waals surface area (Å²) in [7, 11) is 1.73. The van der Waals surface area contributed by atoms with Gasteiger partial charge in [-0.25, -0.2) is 4.39 Å². The lowest BCUT2D eigenvalue weighted by molar-refractivity contribution is 0.0983. The van der Waals surface area contributed by atoms with E-state index in [4.69, 9.17) is 0 Å².